The third kappa shape index (κ3) is 4.24. The molecule has 1 saturated carbocycles. The number of aliphatic hydroxyl groups excluding tert-OH is 1. The van der Waals surface area contributed by atoms with E-state index in [1.807, 2.05) is 24.0 Å². The van der Waals surface area contributed by atoms with E-state index in [9.17, 15) is 9.90 Å². The summed E-state index contributed by atoms with van der Waals surface area (Å²) in [7, 11) is 0. The van der Waals surface area contributed by atoms with Crippen LogP contribution >= 0.6 is 0 Å². The van der Waals surface area contributed by atoms with Crippen LogP contribution < -0.4 is 10.2 Å². The van der Waals surface area contributed by atoms with E-state index < -0.39 is 0 Å². The van der Waals surface area contributed by atoms with Crippen molar-refractivity contribution in [3.8, 4) is 0 Å². The number of likely N-dealkylation sites (tertiary alicyclic amines) is 1. The molecule has 2 aliphatic heterocycles. The van der Waals surface area contributed by atoms with Gasteiger partial charge in [0.05, 0.1) is 12.2 Å². The summed E-state index contributed by atoms with van der Waals surface area (Å²) in [4.78, 5) is 17.0. The smallest absolute Gasteiger partial charge is 0.321 e. The van der Waals surface area contributed by atoms with Crippen LogP contribution in [0.1, 0.15) is 51.9 Å². The maximum atomic E-state index is 12.7. The summed E-state index contributed by atoms with van der Waals surface area (Å²) in [5, 5.41) is 13.4. The fraction of sp³-hybridized carbons (Fsp3) is 0.696. The molecule has 4 rings (SSSR count). The highest BCUT2D eigenvalue weighted by Gasteiger charge is 2.56. The summed E-state index contributed by atoms with van der Waals surface area (Å²) < 4.78 is 5.82. The van der Waals surface area contributed by atoms with E-state index in [1.54, 1.807) is 0 Å². The molecule has 0 bridgehead atoms. The zero-order valence-electron chi connectivity index (χ0n) is 17.6. The second-order valence-corrected chi connectivity index (χ2v) is 8.79. The topological polar surface area (TPSA) is 65.0 Å². The molecule has 1 aliphatic carbocycles. The quantitative estimate of drug-likeness (QED) is 0.804. The molecule has 29 heavy (non-hydrogen) atoms. The summed E-state index contributed by atoms with van der Waals surface area (Å²) in [6.07, 6.45) is 7.34. The minimum absolute atomic E-state index is 0.0517. The summed E-state index contributed by atoms with van der Waals surface area (Å²) in [6, 6.07) is 8.19. The van der Waals surface area contributed by atoms with Crippen LogP contribution in [0, 0.1) is 5.41 Å². The number of amides is 2. The number of nitrogens with zero attached hydrogens (tertiary/aromatic N) is 2. The molecular formula is C23H35N3O3. The Morgan fingerprint density at radius 3 is 2.34 bits per heavy atom. The Kier molecular flexibility index (Phi) is 6.30. The molecule has 1 aromatic rings. The van der Waals surface area contributed by atoms with Crippen molar-refractivity contribution in [2.45, 2.75) is 64.1 Å². The van der Waals surface area contributed by atoms with E-state index in [4.69, 9.17) is 4.74 Å². The molecule has 2 unspecified atom stereocenters. The van der Waals surface area contributed by atoms with Gasteiger partial charge in [0.2, 0.25) is 0 Å². The molecule has 1 spiro atoms. The van der Waals surface area contributed by atoms with Gasteiger partial charge in [-0.15, -0.1) is 0 Å². The SMILES string of the molecule is CCOC1CC(O)C12CCN(C(=O)Nc1ccc(N3CCCCCC3)cc1)CC2. The van der Waals surface area contributed by atoms with Crippen molar-refractivity contribution in [2.24, 2.45) is 5.41 Å². The lowest BCUT2D eigenvalue weighted by molar-refractivity contribution is -0.207. The van der Waals surface area contributed by atoms with Crippen molar-refractivity contribution in [1.82, 2.24) is 4.90 Å². The fourth-order valence-corrected chi connectivity index (χ4v) is 5.23. The van der Waals surface area contributed by atoms with Crippen LogP contribution in [0.4, 0.5) is 16.2 Å². The number of piperidine rings is 1. The number of ether oxygens (including phenoxy) is 1. The summed E-state index contributed by atoms with van der Waals surface area (Å²) in [6.45, 7) is 6.25. The largest absolute Gasteiger partial charge is 0.392 e. The number of carbonyl (C=O) groups is 1. The minimum atomic E-state index is -0.296. The van der Waals surface area contributed by atoms with Gasteiger partial charge in [0.25, 0.3) is 0 Å². The van der Waals surface area contributed by atoms with Gasteiger partial charge in [0.15, 0.2) is 0 Å². The molecule has 160 valence electrons. The second kappa shape index (κ2) is 8.92. The molecule has 3 fully saturated rings. The average molecular weight is 402 g/mol. The first kappa shape index (κ1) is 20.5. The van der Waals surface area contributed by atoms with E-state index in [2.05, 4.69) is 22.3 Å². The maximum Gasteiger partial charge on any atom is 0.321 e. The van der Waals surface area contributed by atoms with Gasteiger partial charge in [-0.05, 0) is 56.9 Å². The number of benzene rings is 1. The molecule has 2 amide bonds. The third-order valence-electron chi connectivity index (χ3n) is 7.18. The molecule has 6 nitrogen and oxygen atoms in total. The van der Waals surface area contributed by atoms with Gasteiger partial charge in [-0.2, -0.15) is 0 Å². The highest BCUT2D eigenvalue weighted by atomic mass is 16.5. The Balaban J connectivity index is 1.30. The van der Waals surface area contributed by atoms with Crippen molar-refractivity contribution < 1.29 is 14.6 Å². The minimum Gasteiger partial charge on any atom is -0.392 e. The van der Waals surface area contributed by atoms with E-state index >= 15 is 0 Å². The normalized spacial score (nSPS) is 26.7. The van der Waals surface area contributed by atoms with E-state index in [0.717, 1.165) is 38.0 Å². The molecule has 1 aromatic carbocycles. The first-order valence-corrected chi connectivity index (χ1v) is 11.3. The van der Waals surface area contributed by atoms with Crippen LogP contribution in [0.5, 0.6) is 0 Å². The summed E-state index contributed by atoms with van der Waals surface area (Å²) in [5.41, 5.74) is 1.93. The van der Waals surface area contributed by atoms with Crippen molar-refractivity contribution in [3.63, 3.8) is 0 Å². The van der Waals surface area contributed by atoms with Crippen LogP contribution in [0.2, 0.25) is 0 Å². The molecule has 2 heterocycles. The van der Waals surface area contributed by atoms with Crippen LogP contribution in [-0.2, 0) is 4.74 Å². The van der Waals surface area contributed by atoms with Gasteiger partial charge >= 0.3 is 6.03 Å². The Morgan fingerprint density at radius 1 is 1.10 bits per heavy atom. The third-order valence-corrected chi connectivity index (χ3v) is 7.18. The molecular weight excluding hydrogens is 366 g/mol. The van der Waals surface area contributed by atoms with Gasteiger partial charge in [0.1, 0.15) is 0 Å². The number of rotatable bonds is 4. The van der Waals surface area contributed by atoms with Crippen molar-refractivity contribution in [3.05, 3.63) is 24.3 Å². The molecule has 0 aromatic heterocycles. The van der Waals surface area contributed by atoms with E-state index in [-0.39, 0.29) is 23.7 Å². The monoisotopic (exact) mass is 401 g/mol. The predicted molar refractivity (Wildman–Crippen MR) is 115 cm³/mol. The first-order valence-electron chi connectivity index (χ1n) is 11.3. The lowest BCUT2D eigenvalue weighted by Gasteiger charge is -2.56. The number of anilines is 2. The zero-order chi connectivity index (χ0) is 20.3. The number of aliphatic hydroxyl groups is 1. The predicted octanol–water partition coefficient (Wildman–Crippen LogP) is 3.85. The van der Waals surface area contributed by atoms with E-state index in [0.29, 0.717) is 19.7 Å². The lowest BCUT2D eigenvalue weighted by Crippen LogP contribution is -2.63. The van der Waals surface area contributed by atoms with Crippen LogP contribution in [0.3, 0.4) is 0 Å². The number of urea groups is 1. The molecule has 2 N–H and O–H groups in total. The standard InChI is InChI=1S/C23H35N3O3/c1-2-29-21-17-20(27)23(21)11-15-26(16-12-23)22(28)24-18-7-9-19(10-8-18)25-13-5-3-4-6-14-25/h7-10,20-21,27H,2-6,11-17H2,1H3,(H,24,28). The van der Waals surface area contributed by atoms with Gasteiger partial charge in [-0.25, -0.2) is 4.79 Å². The van der Waals surface area contributed by atoms with Crippen molar-refractivity contribution in [2.75, 3.05) is 43.0 Å². The van der Waals surface area contributed by atoms with Crippen LogP contribution in [0.15, 0.2) is 24.3 Å². The Hall–Kier alpha value is -1.79. The Labute approximate surface area is 174 Å². The highest BCUT2D eigenvalue weighted by molar-refractivity contribution is 5.89. The molecule has 3 aliphatic rings. The highest BCUT2D eigenvalue weighted by Crippen LogP contribution is 2.50. The van der Waals surface area contributed by atoms with Crippen LogP contribution in [0.25, 0.3) is 0 Å². The van der Waals surface area contributed by atoms with Crippen molar-refractivity contribution in [1.29, 1.82) is 0 Å². The second-order valence-electron chi connectivity index (χ2n) is 8.79. The zero-order valence-corrected chi connectivity index (χ0v) is 17.6. The summed E-state index contributed by atoms with van der Waals surface area (Å²) >= 11 is 0. The Morgan fingerprint density at radius 2 is 1.76 bits per heavy atom. The van der Waals surface area contributed by atoms with Gasteiger partial charge in [0, 0.05) is 56.0 Å². The fourth-order valence-electron chi connectivity index (χ4n) is 5.23. The molecule has 2 saturated heterocycles. The number of hydrogen-bond acceptors (Lipinski definition) is 4. The Bertz CT molecular complexity index is 675. The lowest BCUT2D eigenvalue weighted by atomic mass is 9.58. The van der Waals surface area contributed by atoms with Gasteiger partial charge in [-0.1, -0.05) is 12.8 Å². The van der Waals surface area contributed by atoms with Crippen LogP contribution in [-0.4, -0.2) is 61.0 Å². The maximum absolute atomic E-state index is 12.7. The van der Waals surface area contributed by atoms with Gasteiger partial charge < -0.3 is 25.0 Å². The first-order chi connectivity index (χ1) is 14.1. The number of hydrogen-bond donors (Lipinski definition) is 2. The number of nitrogens with one attached hydrogen (secondary N) is 1. The number of carbonyl (C=O) groups excluding carboxylic acids is 1. The molecule has 6 heteroatoms. The molecule has 0 radical (unpaired) electrons. The average Bonchev–Trinajstić information content (AvgIpc) is 3.04. The van der Waals surface area contributed by atoms with Crippen molar-refractivity contribution >= 4 is 17.4 Å². The summed E-state index contributed by atoms with van der Waals surface area (Å²) in [5.74, 6) is 0. The van der Waals surface area contributed by atoms with E-state index in [1.165, 1.54) is 31.4 Å². The van der Waals surface area contributed by atoms with Gasteiger partial charge in [-0.3, -0.25) is 0 Å². The molecule has 2 atom stereocenters.